The highest BCUT2D eigenvalue weighted by molar-refractivity contribution is 7.89. The van der Waals surface area contributed by atoms with Crippen molar-refractivity contribution in [3.63, 3.8) is 0 Å². The predicted molar refractivity (Wildman–Crippen MR) is 104 cm³/mol. The number of nitrogens with zero attached hydrogens (tertiary/aromatic N) is 2. The van der Waals surface area contributed by atoms with Gasteiger partial charge < -0.3 is 9.64 Å². The number of halogens is 2. The molecule has 6 nitrogen and oxygen atoms in total. The Hall–Kier alpha value is -1.80. The number of carbonyl (C=O) groups excluding carboxylic acids is 1. The summed E-state index contributed by atoms with van der Waals surface area (Å²) in [6, 6.07) is 13.2. The van der Waals surface area contributed by atoms with Crippen LogP contribution in [0.1, 0.15) is 0 Å². The Morgan fingerprint density at radius 3 is 2.11 bits per heavy atom. The largest absolute Gasteiger partial charge is 0.481 e. The molecule has 9 heteroatoms. The first-order valence-corrected chi connectivity index (χ1v) is 10.5. The van der Waals surface area contributed by atoms with E-state index < -0.39 is 10.0 Å². The third-order valence-corrected chi connectivity index (χ3v) is 6.74. The van der Waals surface area contributed by atoms with Crippen molar-refractivity contribution in [3.8, 4) is 5.75 Å². The van der Waals surface area contributed by atoms with Gasteiger partial charge >= 0.3 is 0 Å². The van der Waals surface area contributed by atoms with E-state index in [0.717, 1.165) is 0 Å². The molecule has 1 aliphatic rings. The molecule has 0 spiro atoms. The number of sulfonamides is 1. The molecule has 0 N–H and O–H groups in total. The van der Waals surface area contributed by atoms with Gasteiger partial charge in [-0.1, -0.05) is 47.5 Å². The first-order chi connectivity index (χ1) is 12.9. The van der Waals surface area contributed by atoms with Gasteiger partial charge in [-0.3, -0.25) is 4.79 Å². The number of ether oxygens (including phenoxy) is 1. The van der Waals surface area contributed by atoms with Gasteiger partial charge in [-0.25, -0.2) is 8.42 Å². The topological polar surface area (TPSA) is 66.9 Å². The zero-order chi connectivity index (χ0) is 19.4. The van der Waals surface area contributed by atoms with E-state index in [-0.39, 0.29) is 36.2 Å². The van der Waals surface area contributed by atoms with E-state index in [4.69, 9.17) is 27.9 Å². The minimum Gasteiger partial charge on any atom is -0.481 e. The Bertz CT molecular complexity index is 894. The highest BCUT2D eigenvalue weighted by Crippen LogP contribution is 2.32. The van der Waals surface area contributed by atoms with Crippen molar-refractivity contribution in [2.75, 3.05) is 32.8 Å². The number of rotatable bonds is 5. The zero-order valence-electron chi connectivity index (χ0n) is 14.3. The van der Waals surface area contributed by atoms with Crippen molar-refractivity contribution < 1.29 is 17.9 Å². The Kier molecular flexibility index (Phi) is 6.26. The van der Waals surface area contributed by atoms with Crippen LogP contribution in [0.5, 0.6) is 5.75 Å². The van der Waals surface area contributed by atoms with E-state index in [0.29, 0.717) is 23.1 Å². The summed E-state index contributed by atoms with van der Waals surface area (Å²) in [7, 11) is -3.55. The lowest BCUT2D eigenvalue weighted by molar-refractivity contribution is -0.134. The quantitative estimate of drug-likeness (QED) is 0.733. The van der Waals surface area contributed by atoms with Gasteiger partial charge in [0.2, 0.25) is 10.0 Å². The van der Waals surface area contributed by atoms with E-state index in [1.54, 1.807) is 53.4 Å². The number of amides is 1. The second kappa shape index (κ2) is 8.48. The van der Waals surface area contributed by atoms with Crippen molar-refractivity contribution >= 4 is 39.1 Å². The highest BCUT2D eigenvalue weighted by Gasteiger charge is 2.30. The first kappa shape index (κ1) is 19.9. The summed E-state index contributed by atoms with van der Waals surface area (Å²) in [4.78, 5) is 14.2. The Balaban J connectivity index is 1.57. The molecule has 0 bridgehead atoms. The molecule has 0 radical (unpaired) electrons. The molecule has 1 fully saturated rings. The van der Waals surface area contributed by atoms with E-state index >= 15 is 0 Å². The van der Waals surface area contributed by atoms with Gasteiger partial charge in [0.1, 0.15) is 0 Å². The fraction of sp³-hybridized carbons (Fsp3) is 0.278. The summed E-state index contributed by atoms with van der Waals surface area (Å²) in [6.45, 7) is 0.843. The SMILES string of the molecule is O=C(COc1c(Cl)cccc1Cl)N1CCN(S(=O)(=O)c2ccccc2)CC1. The van der Waals surface area contributed by atoms with Gasteiger partial charge in [-0.2, -0.15) is 4.31 Å². The van der Waals surface area contributed by atoms with Crippen molar-refractivity contribution in [1.29, 1.82) is 0 Å². The lowest BCUT2D eigenvalue weighted by atomic mass is 10.3. The third-order valence-electron chi connectivity index (χ3n) is 4.23. The van der Waals surface area contributed by atoms with Crippen LogP contribution in [-0.4, -0.2) is 56.3 Å². The van der Waals surface area contributed by atoms with Crippen molar-refractivity contribution in [2.24, 2.45) is 0 Å². The lowest BCUT2D eigenvalue weighted by Gasteiger charge is -2.34. The van der Waals surface area contributed by atoms with Crippen LogP contribution < -0.4 is 4.74 Å². The minimum atomic E-state index is -3.55. The van der Waals surface area contributed by atoms with Gasteiger partial charge in [0, 0.05) is 26.2 Å². The molecule has 0 saturated carbocycles. The molecule has 0 aliphatic carbocycles. The van der Waals surface area contributed by atoms with Crippen molar-refractivity contribution in [1.82, 2.24) is 9.21 Å². The molecule has 2 aromatic carbocycles. The van der Waals surface area contributed by atoms with Crippen LogP contribution in [0.4, 0.5) is 0 Å². The monoisotopic (exact) mass is 428 g/mol. The van der Waals surface area contributed by atoms with Gasteiger partial charge in [0.25, 0.3) is 5.91 Å². The van der Waals surface area contributed by atoms with Crippen LogP contribution in [0.25, 0.3) is 0 Å². The molecule has 0 atom stereocenters. The van der Waals surface area contributed by atoms with Gasteiger partial charge in [0.05, 0.1) is 14.9 Å². The van der Waals surface area contributed by atoms with Gasteiger partial charge in [0.15, 0.2) is 12.4 Å². The van der Waals surface area contributed by atoms with E-state index in [2.05, 4.69) is 0 Å². The number of hydrogen-bond donors (Lipinski definition) is 0. The number of benzene rings is 2. The molecular formula is C18H18Cl2N2O4S. The van der Waals surface area contributed by atoms with Crippen molar-refractivity contribution in [2.45, 2.75) is 4.90 Å². The molecular weight excluding hydrogens is 411 g/mol. The number of hydrogen-bond acceptors (Lipinski definition) is 4. The second-order valence-corrected chi connectivity index (χ2v) is 8.69. The van der Waals surface area contributed by atoms with Crippen LogP contribution in [0, 0.1) is 0 Å². The predicted octanol–water partition coefficient (Wildman–Crippen LogP) is 2.91. The molecule has 1 heterocycles. The Morgan fingerprint density at radius 1 is 0.926 bits per heavy atom. The molecule has 0 aromatic heterocycles. The van der Waals surface area contributed by atoms with E-state index in [1.165, 1.54) is 4.31 Å². The Morgan fingerprint density at radius 2 is 1.52 bits per heavy atom. The zero-order valence-corrected chi connectivity index (χ0v) is 16.7. The summed E-state index contributed by atoms with van der Waals surface area (Å²) >= 11 is 12.0. The van der Waals surface area contributed by atoms with E-state index in [1.807, 2.05) is 0 Å². The van der Waals surface area contributed by atoms with Crippen LogP contribution in [0.3, 0.4) is 0 Å². The number of para-hydroxylation sites is 1. The van der Waals surface area contributed by atoms with Crippen LogP contribution in [0.2, 0.25) is 10.0 Å². The maximum atomic E-state index is 12.6. The Labute approximate surface area is 168 Å². The van der Waals surface area contributed by atoms with Crippen LogP contribution in [0.15, 0.2) is 53.4 Å². The third kappa shape index (κ3) is 4.55. The van der Waals surface area contributed by atoms with Gasteiger partial charge in [-0.05, 0) is 24.3 Å². The first-order valence-electron chi connectivity index (χ1n) is 8.29. The molecule has 144 valence electrons. The average Bonchev–Trinajstić information content (AvgIpc) is 2.68. The standard InChI is InChI=1S/C18H18Cl2N2O4S/c19-15-7-4-8-16(20)18(15)26-13-17(23)21-9-11-22(12-10-21)27(24,25)14-5-2-1-3-6-14/h1-8H,9-13H2. The fourth-order valence-corrected chi connectivity index (χ4v) is 4.71. The summed E-state index contributed by atoms with van der Waals surface area (Å²) in [5, 5.41) is 0.656. The minimum absolute atomic E-state index is 0.213. The van der Waals surface area contributed by atoms with Crippen LogP contribution >= 0.6 is 23.2 Å². The van der Waals surface area contributed by atoms with Crippen molar-refractivity contribution in [3.05, 3.63) is 58.6 Å². The van der Waals surface area contributed by atoms with E-state index in [9.17, 15) is 13.2 Å². The maximum absolute atomic E-state index is 12.6. The maximum Gasteiger partial charge on any atom is 0.260 e. The van der Waals surface area contributed by atoms with Gasteiger partial charge in [-0.15, -0.1) is 0 Å². The summed E-state index contributed by atoms with van der Waals surface area (Å²) in [5.74, 6) is 0.0159. The highest BCUT2D eigenvalue weighted by atomic mass is 35.5. The summed E-state index contributed by atoms with van der Waals surface area (Å²) in [6.07, 6.45) is 0. The number of piperazine rings is 1. The normalized spacial score (nSPS) is 15.6. The number of carbonyl (C=O) groups is 1. The molecule has 3 rings (SSSR count). The summed E-state index contributed by atoms with van der Waals surface area (Å²) in [5.41, 5.74) is 0. The molecule has 27 heavy (non-hydrogen) atoms. The smallest absolute Gasteiger partial charge is 0.260 e. The molecule has 1 amide bonds. The second-order valence-electron chi connectivity index (χ2n) is 5.94. The summed E-state index contributed by atoms with van der Waals surface area (Å²) < 4.78 is 32.1. The fourth-order valence-electron chi connectivity index (χ4n) is 2.77. The average molecular weight is 429 g/mol. The molecule has 1 saturated heterocycles. The lowest BCUT2D eigenvalue weighted by Crippen LogP contribution is -2.51. The molecule has 0 unspecified atom stereocenters. The van der Waals surface area contributed by atoms with Crippen LogP contribution in [-0.2, 0) is 14.8 Å². The molecule has 1 aliphatic heterocycles. The molecule has 2 aromatic rings.